The number of carbonyl (C=O) groups excluding carboxylic acids is 2. The molecule has 0 bridgehead atoms. The van der Waals surface area contributed by atoms with Gasteiger partial charge in [0, 0.05) is 10.2 Å². The van der Waals surface area contributed by atoms with E-state index in [0.29, 0.717) is 17.1 Å². The van der Waals surface area contributed by atoms with Crippen LogP contribution in [0.3, 0.4) is 0 Å². The highest BCUT2D eigenvalue weighted by molar-refractivity contribution is 9.10. The fourth-order valence-corrected chi connectivity index (χ4v) is 2.51. The van der Waals surface area contributed by atoms with E-state index in [1.165, 1.54) is 7.11 Å². The smallest absolute Gasteiger partial charge is 0.319 e. The number of carbonyl (C=O) groups is 2. The van der Waals surface area contributed by atoms with E-state index in [0.717, 1.165) is 10.0 Å². The summed E-state index contributed by atoms with van der Waals surface area (Å²) in [7, 11) is 1.52. The zero-order valence-electron chi connectivity index (χ0n) is 13.4. The van der Waals surface area contributed by atoms with Crippen molar-refractivity contribution in [1.82, 2.24) is 5.32 Å². The fourth-order valence-electron chi connectivity index (χ4n) is 2.04. The molecule has 0 spiro atoms. The average molecular weight is 392 g/mol. The van der Waals surface area contributed by atoms with Crippen molar-refractivity contribution in [3.05, 3.63) is 52.5 Å². The number of benzene rings is 2. The molecule has 0 atom stereocenters. The first-order valence-electron chi connectivity index (χ1n) is 7.23. The molecule has 7 heteroatoms. The molecule has 0 aliphatic rings. The van der Waals surface area contributed by atoms with E-state index >= 15 is 0 Å². The number of rotatable bonds is 5. The Kier molecular flexibility index (Phi) is 6.20. The Bertz CT molecular complexity index is 750. The third-order valence-corrected chi connectivity index (χ3v) is 3.72. The number of nitrogens with one attached hydrogen (secondary N) is 3. The number of ether oxygens (including phenoxy) is 1. The minimum Gasteiger partial charge on any atom is -0.495 e. The molecule has 0 saturated carbocycles. The van der Waals surface area contributed by atoms with Gasteiger partial charge in [0.2, 0.25) is 5.91 Å². The quantitative estimate of drug-likeness (QED) is 0.729. The van der Waals surface area contributed by atoms with E-state index in [-0.39, 0.29) is 12.5 Å². The normalized spacial score (nSPS) is 9.96. The second kappa shape index (κ2) is 8.35. The van der Waals surface area contributed by atoms with Crippen molar-refractivity contribution in [3.63, 3.8) is 0 Å². The number of hydrogen-bond acceptors (Lipinski definition) is 3. The van der Waals surface area contributed by atoms with Crippen LogP contribution in [-0.4, -0.2) is 25.6 Å². The molecule has 2 aromatic rings. The van der Waals surface area contributed by atoms with Gasteiger partial charge in [0.15, 0.2) is 0 Å². The largest absolute Gasteiger partial charge is 0.495 e. The first kappa shape index (κ1) is 17.8. The number of hydrogen-bond donors (Lipinski definition) is 3. The Balaban J connectivity index is 1.86. The van der Waals surface area contributed by atoms with Gasteiger partial charge in [-0.1, -0.05) is 28.1 Å². The van der Waals surface area contributed by atoms with Crippen LogP contribution in [0.4, 0.5) is 16.2 Å². The molecule has 126 valence electrons. The summed E-state index contributed by atoms with van der Waals surface area (Å²) >= 11 is 3.37. The molecule has 0 fully saturated rings. The van der Waals surface area contributed by atoms with Crippen LogP contribution in [0.25, 0.3) is 0 Å². The summed E-state index contributed by atoms with van der Waals surface area (Å²) in [5.74, 6) is 0.234. The molecule has 3 N–H and O–H groups in total. The van der Waals surface area contributed by atoms with Gasteiger partial charge < -0.3 is 20.7 Å². The minimum absolute atomic E-state index is 0.142. The topological polar surface area (TPSA) is 79.5 Å². The second-order valence-electron chi connectivity index (χ2n) is 5.02. The van der Waals surface area contributed by atoms with Gasteiger partial charge in [0.1, 0.15) is 5.75 Å². The molecule has 0 aromatic heterocycles. The summed E-state index contributed by atoms with van der Waals surface area (Å²) < 4.78 is 6.09. The van der Waals surface area contributed by atoms with Gasteiger partial charge in [0.25, 0.3) is 0 Å². The lowest BCUT2D eigenvalue weighted by molar-refractivity contribution is -0.115. The lowest BCUT2D eigenvalue weighted by Gasteiger charge is -2.12. The van der Waals surface area contributed by atoms with Crippen molar-refractivity contribution in [1.29, 1.82) is 0 Å². The number of aryl methyl sites for hydroxylation is 1. The molecule has 3 amide bonds. The predicted octanol–water partition coefficient (Wildman–Crippen LogP) is 3.53. The van der Waals surface area contributed by atoms with Crippen molar-refractivity contribution in [2.75, 3.05) is 24.3 Å². The summed E-state index contributed by atoms with van der Waals surface area (Å²) in [4.78, 5) is 23.8. The minimum atomic E-state index is -0.484. The fraction of sp³-hybridized carbons (Fsp3) is 0.176. The Hall–Kier alpha value is -2.54. The van der Waals surface area contributed by atoms with Crippen LogP contribution in [0, 0.1) is 6.92 Å². The second-order valence-corrected chi connectivity index (χ2v) is 5.93. The molecule has 0 aliphatic carbocycles. The summed E-state index contributed by atoms with van der Waals surface area (Å²) in [6, 6.07) is 12.1. The number of halogens is 1. The van der Waals surface area contributed by atoms with Crippen LogP contribution in [0.1, 0.15) is 5.56 Å². The van der Waals surface area contributed by atoms with Gasteiger partial charge in [-0.3, -0.25) is 4.79 Å². The van der Waals surface area contributed by atoms with E-state index in [1.807, 2.05) is 19.1 Å². The van der Waals surface area contributed by atoms with Gasteiger partial charge in [-0.25, -0.2) is 4.79 Å². The summed E-state index contributed by atoms with van der Waals surface area (Å²) in [6.45, 7) is 1.75. The molecule has 2 rings (SSSR count). The van der Waals surface area contributed by atoms with E-state index in [1.54, 1.807) is 30.3 Å². The van der Waals surface area contributed by atoms with Gasteiger partial charge >= 0.3 is 6.03 Å². The number of urea groups is 1. The summed E-state index contributed by atoms with van der Waals surface area (Å²) in [5.41, 5.74) is 2.16. The maximum atomic E-state index is 11.9. The van der Waals surface area contributed by atoms with E-state index in [4.69, 9.17) is 4.74 Å². The van der Waals surface area contributed by atoms with Crippen molar-refractivity contribution in [2.45, 2.75) is 6.92 Å². The van der Waals surface area contributed by atoms with E-state index in [2.05, 4.69) is 31.9 Å². The molecular formula is C17H18BrN3O3. The monoisotopic (exact) mass is 391 g/mol. The Morgan fingerprint density at radius 3 is 2.54 bits per heavy atom. The van der Waals surface area contributed by atoms with Gasteiger partial charge in [-0.05, 0) is 42.8 Å². The zero-order valence-corrected chi connectivity index (χ0v) is 14.9. The van der Waals surface area contributed by atoms with Crippen molar-refractivity contribution in [3.8, 4) is 5.75 Å². The molecule has 2 aromatic carbocycles. The van der Waals surface area contributed by atoms with Crippen LogP contribution in [0.5, 0.6) is 5.75 Å². The lowest BCUT2D eigenvalue weighted by atomic mass is 10.2. The molecule has 0 heterocycles. The zero-order chi connectivity index (χ0) is 17.5. The molecule has 0 radical (unpaired) electrons. The molecule has 0 saturated heterocycles. The van der Waals surface area contributed by atoms with E-state index < -0.39 is 6.03 Å². The molecule has 0 aliphatic heterocycles. The molecule has 6 nitrogen and oxygen atoms in total. The SMILES string of the molecule is COc1ccccc1NC(=O)NCC(=O)Nc1ccc(Br)cc1C. The molecular weight excluding hydrogens is 374 g/mol. The van der Waals surface area contributed by atoms with E-state index in [9.17, 15) is 9.59 Å². The van der Waals surface area contributed by atoms with Crippen LogP contribution in [-0.2, 0) is 4.79 Å². The highest BCUT2D eigenvalue weighted by Crippen LogP contribution is 2.22. The van der Waals surface area contributed by atoms with Crippen molar-refractivity contribution < 1.29 is 14.3 Å². The van der Waals surface area contributed by atoms with Crippen molar-refractivity contribution >= 4 is 39.2 Å². The number of methoxy groups -OCH3 is 1. The summed E-state index contributed by atoms with van der Waals surface area (Å²) in [6.07, 6.45) is 0. The third-order valence-electron chi connectivity index (χ3n) is 3.23. The van der Waals surface area contributed by atoms with Gasteiger partial charge in [-0.2, -0.15) is 0 Å². The molecule has 24 heavy (non-hydrogen) atoms. The maximum Gasteiger partial charge on any atom is 0.319 e. The average Bonchev–Trinajstić information content (AvgIpc) is 2.56. The summed E-state index contributed by atoms with van der Waals surface area (Å²) in [5, 5.41) is 7.90. The number of para-hydroxylation sites is 2. The van der Waals surface area contributed by atoms with Crippen LogP contribution >= 0.6 is 15.9 Å². The van der Waals surface area contributed by atoms with Crippen molar-refractivity contribution in [2.24, 2.45) is 0 Å². The predicted molar refractivity (Wildman–Crippen MR) is 97.5 cm³/mol. The number of anilines is 2. The Morgan fingerprint density at radius 2 is 1.83 bits per heavy atom. The molecule has 0 unspecified atom stereocenters. The Morgan fingerprint density at radius 1 is 1.08 bits per heavy atom. The van der Waals surface area contributed by atoms with Crippen LogP contribution in [0.2, 0.25) is 0 Å². The van der Waals surface area contributed by atoms with Gasteiger partial charge in [0.05, 0.1) is 19.3 Å². The highest BCUT2D eigenvalue weighted by Gasteiger charge is 2.09. The standard InChI is InChI=1S/C17H18BrN3O3/c1-11-9-12(18)7-8-13(11)20-16(22)10-19-17(23)21-14-5-3-4-6-15(14)24-2/h3-9H,10H2,1-2H3,(H,20,22)(H2,19,21,23). The lowest BCUT2D eigenvalue weighted by Crippen LogP contribution is -2.35. The number of amides is 3. The highest BCUT2D eigenvalue weighted by atomic mass is 79.9. The third kappa shape index (κ3) is 4.99. The van der Waals surface area contributed by atoms with Crippen LogP contribution in [0.15, 0.2) is 46.9 Å². The Labute approximate surface area is 148 Å². The van der Waals surface area contributed by atoms with Crippen LogP contribution < -0.4 is 20.7 Å². The first-order valence-corrected chi connectivity index (χ1v) is 8.03. The van der Waals surface area contributed by atoms with Gasteiger partial charge in [-0.15, -0.1) is 0 Å². The first-order chi connectivity index (χ1) is 11.5. The maximum absolute atomic E-state index is 11.9.